The van der Waals surface area contributed by atoms with E-state index in [4.69, 9.17) is 11.6 Å². The van der Waals surface area contributed by atoms with Crippen LogP contribution in [0.2, 0.25) is 5.02 Å². The second-order valence-electron chi connectivity index (χ2n) is 8.54. The van der Waals surface area contributed by atoms with Crippen molar-refractivity contribution in [2.24, 2.45) is 0 Å². The molecule has 0 spiro atoms. The summed E-state index contributed by atoms with van der Waals surface area (Å²) in [5.41, 5.74) is 0.682. The highest BCUT2D eigenvalue weighted by Crippen LogP contribution is 2.48. The minimum absolute atomic E-state index is 0.0274. The summed E-state index contributed by atoms with van der Waals surface area (Å²) in [6.07, 6.45) is -12.4. The summed E-state index contributed by atoms with van der Waals surface area (Å²) in [6, 6.07) is 15.7. The molecule has 3 aromatic rings. The fourth-order valence-corrected chi connectivity index (χ4v) is 4.80. The minimum atomic E-state index is -4.91. The van der Waals surface area contributed by atoms with Gasteiger partial charge in [0.05, 0.1) is 11.6 Å². The van der Waals surface area contributed by atoms with Gasteiger partial charge in [0.2, 0.25) is 0 Å². The zero-order valence-corrected chi connectivity index (χ0v) is 19.1. The predicted molar refractivity (Wildman–Crippen MR) is 120 cm³/mol. The molecule has 0 amide bonds. The zero-order valence-electron chi connectivity index (χ0n) is 18.4. The first-order valence-corrected chi connectivity index (χ1v) is 11.1. The Kier molecular flexibility index (Phi) is 6.87. The lowest BCUT2D eigenvalue weighted by molar-refractivity contribution is -0.274. The van der Waals surface area contributed by atoms with Crippen LogP contribution in [0.4, 0.5) is 36.4 Å². The Morgan fingerprint density at radius 1 is 0.972 bits per heavy atom. The largest absolute Gasteiger partial charge is 0.573 e. The van der Waals surface area contributed by atoms with Gasteiger partial charge in [0.1, 0.15) is 11.6 Å². The molecule has 0 saturated carbocycles. The van der Waals surface area contributed by atoms with Gasteiger partial charge in [-0.25, -0.2) is 4.39 Å². The van der Waals surface area contributed by atoms with Crippen LogP contribution in [0.1, 0.15) is 16.7 Å². The molecule has 0 aromatic heterocycles. The number of aliphatic hydroxyl groups is 1. The van der Waals surface area contributed by atoms with Gasteiger partial charge in [-0.15, -0.1) is 13.2 Å². The van der Waals surface area contributed by atoms with Gasteiger partial charge < -0.3 is 14.7 Å². The van der Waals surface area contributed by atoms with E-state index in [9.17, 15) is 35.8 Å². The van der Waals surface area contributed by atoms with Crippen LogP contribution in [0.15, 0.2) is 66.7 Å². The van der Waals surface area contributed by atoms with Crippen LogP contribution in [0.25, 0.3) is 0 Å². The predicted octanol–water partition coefficient (Wildman–Crippen LogP) is 6.65. The van der Waals surface area contributed by atoms with E-state index in [1.165, 1.54) is 29.2 Å². The summed E-state index contributed by atoms with van der Waals surface area (Å²) in [5.74, 6) is -1.16. The smallest absolute Gasteiger partial charge is 0.406 e. The highest BCUT2D eigenvalue weighted by atomic mass is 35.5. The highest BCUT2D eigenvalue weighted by molar-refractivity contribution is 6.30. The normalized spacial score (nSPS) is 18.8. The van der Waals surface area contributed by atoms with E-state index in [1.54, 1.807) is 30.3 Å². The van der Waals surface area contributed by atoms with E-state index in [2.05, 4.69) is 4.74 Å². The summed E-state index contributed by atoms with van der Waals surface area (Å²) >= 11 is 6.04. The molecule has 0 radical (unpaired) electrons. The Morgan fingerprint density at radius 3 is 2.36 bits per heavy atom. The summed E-state index contributed by atoms with van der Waals surface area (Å²) in [7, 11) is 0. The molecule has 1 aliphatic rings. The van der Waals surface area contributed by atoms with Crippen molar-refractivity contribution in [1.82, 2.24) is 0 Å². The molecule has 0 bridgehead atoms. The Hall–Kier alpha value is -2.98. The average Bonchev–Trinajstić information content (AvgIpc) is 3.08. The number of halogens is 8. The number of alkyl halides is 6. The number of β-amino-alcohol motifs (C(OH)–C–C–N with tert-alkyl or cyclic N) is 1. The first kappa shape index (κ1) is 26.1. The van der Waals surface area contributed by atoms with Gasteiger partial charge in [0.25, 0.3) is 0 Å². The number of hydrogen-bond donors (Lipinski definition) is 1. The van der Waals surface area contributed by atoms with Crippen LogP contribution in [-0.4, -0.2) is 36.8 Å². The number of rotatable bonds is 6. The number of fused-ring (bicyclic) bond motifs is 1. The molecule has 1 aliphatic heterocycles. The lowest BCUT2D eigenvalue weighted by atomic mass is 9.72. The number of nitrogens with zero attached hydrogens (tertiary/aromatic N) is 1. The number of ether oxygens (including phenoxy) is 1. The molecule has 3 nitrogen and oxygen atoms in total. The molecule has 2 atom stereocenters. The lowest BCUT2D eigenvalue weighted by Gasteiger charge is -2.33. The summed E-state index contributed by atoms with van der Waals surface area (Å²) in [6.45, 7) is -0.847. The van der Waals surface area contributed by atoms with Gasteiger partial charge in [-0.2, -0.15) is 13.2 Å². The Morgan fingerprint density at radius 2 is 1.69 bits per heavy atom. The van der Waals surface area contributed by atoms with E-state index in [0.717, 1.165) is 12.1 Å². The minimum Gasteiger partial charge on any atom is -0.406 e. The highest BCUT2D eigenvalue weighted by Gasteiger charge is 2.47. The second-order valence-corrected chi connectivity index (χ2v) is 8.95. The van der Waals surface area contributed by atoms with Crippen molar-refractivity contribution in [2.45, 2.75) is 30.5 Å². The lowest BCUT2D eigenvalue weighted by Crippen LogP contribution is -2.44. The standard InChI is InChI=1S/C25H19ClF7NO2/c26-19-11-16(8-9-20(19)27)23(12-15-4-3-5-17(10-15)36-25(31,32)33)14-34(13-22(35)24(28,29)30)21-7-2-1-6-18(21)23/h1-11,22,35H,12-14H2. The maximum atomic E-state index is 14.0. The van der Waals surface area contributed by atoms with Gasteiger partial charge in [-0.3, -0.25) is 0 Å². The Labute approximate surface area is 206 Å². The van der Waals surface area contributed by atoms with Gasteiger partial charge in [-0.1, -0.05) is 48.0 Å². The molecular weight excluding hydrogens is 515 g/mol. The van der Waals surface area contributed by atoms with Crippen molar-refractivity contribution in [3.8, 4) is 5.75 Å². The number of hydrogen-bond acceptors (Lipinski definition) is 3. The van der Waals surface area contributed by atoms with Crippen molar-refractivity contribution in [3.05, 3.63) is 94.3 Å². The molecular formula is C25H19ClF7NO2. The molecule has 0 saturated heterocycles. The number of anilines is 1. The third-order valence-electron chi connectivity index (χ3n) is 6.10. The molecule has 4 rings (SSSR count). The van der Waals surface area contributed by atoms with Crippen molar-refractivity contribution >= 4 is 17.3 Å². The third-order valence-corrected chi connectivity index (χ3v) is 6.39. The Bertz CT molecular complexity index is 1250. The summed E-state index contributed by atoms with van der Waals surface area (Å²) < 4.78 is 95.9. The quantitative estimate of drug-likeness (QED) is 0.360. The maximum Gasteiger partial charge on any atom is 0.573 e. The van der Waals surface area contributed by atoms with Crippen LogP contribution >= 0.6 is 11.6 Å². The van der Waals surface area contributed by atoms with Gasteiger partial charge in [0.15, 0.2) is 6.10 Å². The van der Waals surface area contributed by atoms with Gasteiger partial charge in [0, 0.05) is 17.6 Å². The van der Waals surface area contributed by atoms with Crippen LogP contribution in [0.3, 0.4) is 0 Å². The SMILES string of the molecule is OC(CN1CC(Cc2cccc(OC(F)(F)F)c2)(c2ccc(F)c(Cl)c2)c2ccccc21)C(F)(F)F. The zero-order chi connectivity index (χ0) is 26.3. The average molecular weight is 534 g/mol. The van der Waals surface area contributed by atoms with Crippen LogP contribution < -0.4 is 9.64 Å². The van der Waals surface area contributed by atoms with E-state index in [0.29, 0.717) is 22.4 Å². The van der Waals surface area contributed by atoms with E-state index < -0.39 is 42.2 Å². The van der Waals surface area contributed by atoms with E-state index in [-0.39, 0.29) is 18.0 Å². The molecule has 192 valence electrons. The second kappa shape index (κ2) is 9.48. The number of benzene rings is 3. The summed E-state index contributed by atoms with van der Waals surface area (Å²) in [4.78, 5) is 1.36. The van der Waals surface area contributed by atoms with E-state index in [1.807, 2.05) is 0 Å². The van der Waals surface area contributed by atoms with Crippen LogP contribution in [0.5, 0.6) is 5.75 Å². The molecule has 1 heterocycles. The van der Waals surface area contributed by atoms with E-state index >= 15 is 0 Å². The summed E-state index contributed by atoms with van der Waals surface area (Å²) in [5, 5.41) is 9.55. The third kappa shape index (κ3) is 5.39. The molecule has 36 heavy (non-hydrogen) atoms. The molecule has 2 unspecified atom stereocenters. The van der Waals surface area contributed by atoms with Crippen molar-refractivity contribution < 1.29 is 40.6 Å². The Balaban J connectivity index is 1.83. The first-order chi connectivity index (χ1) is 16.8. The molecule has 0 fully saturated rings. The fourth-order valence-electron chi connectivity index (χ4n) is 4.62. The number of aliphatic hydroxyl groups excluding tert-OH is 1. The first-order valence-electron chi connectivity index (χ1n) is 10.7. The molecule has 1 N–H and O–H groups in total. The van der Waals surface area contributed by atoms with Gasteiger partial charge >= 0.3 is 12.5 Å². The molecule has 0 aliphatic carbocycles. The van der Waals surface area contributed by atoms with Crippen molar-refractivity contribution in [1.29, 1.82) is 0 Å². The van der Waals surface area contributed by atoms with Crippen LogP contribution in [-0.2, 0) is 11.8 Å². The van der Waals surface area contributed by atoms with Crippen molar-refractivity contribution in [2.75, 3.05) is 18.0 Å². The molecule has 11 heteroatoms. The topological polar surface area (TPSA) is 32.7 Å². The maximum absolute atomic E-state index is 14.0. The number of para-hydroxylation sites is 1. The monoisotopic (exact) mass is 533 g/mol. The van der Waals surface area contributed by atoms with Gasteiger partial charge in [-0.05, 0) is 53.4 Å². The van der Waals surface area contributed by atoms with Crippen molar-refractivity contribution in [3.63, 3.8) is 0 Å². The van der Waals surface area contributed by atoms with Crippen LogP contribution in [0, 0.1) is 5.82 Å². The fraction of sp³-hybridized carbons (Fsp3) is 0.280. The molecule has 3 aromatic carbocycles.